The van der Waals surface area contributed by atoms with E-state index in [0.29, 0.717) is 52.1 Å². The Labute approximate surface area is 240 Å². The maximum Gasteiger partial charge on any atom is 0.335 e. The number of benzene rings is 2. The van der Waals surface area contributed by atoms with Crippen LogP contribution in [0.2, 0.25) is 10.0 Å². The largest absolute Gasteiger partial charge is 0.478 e. The third kappa shape index (κ3) is 4.42. The van der Waals surface area contributed by atoms with Gasteiger partial charge in [0.1, 0.15) is 11.5 Å². The molecule has 0 aliphatic heterocycles. The Kier molecular flexibility index (Phi) is 6.25. The van der Waals surface area contributed by atoms with Gasteiger partial charge in [-0.3, -0.25) is 0 Å². The summed E-state index contributed by atoms with van der Waals surface area (Å²) in [5.74, 6) is 1.43. The molecule has 0 unspecified atom stereocenters. The number of carboxylic acid groups (broad SMARTS) is 1. The number of carbonyl (C=O) groups is 1. The van der Waals surface area contributed by atoms with Gasteiger partial charge in [0, 0.05) is 22.6 Å². The Morgan fingerprint density at radius 1 is 1.00 bits per heavy atom. The average Bonchev–Trinajstić information content (AvgIpc) is 3.29. The van der Waals surface area contributed by atoms with Crippen LogP contribution in [0.1, 0.15) is 78.4 Å². The first-order valence-electron chi connectivity index (χ1n) is 13.5. The highest BCUT2D eigenvalue weighted by atomic mass is 35.5. The second-order valence-electron chi connectivity index (χ2n) is 11.5. The zero-order valence-corrected chi connectivity index (χ0v) is 23.2. The lowest BCUT2D eigenvalue weighted by Gasteiger charge is -2.26. The number of halogens is 2. The first kappa shape index (κ1) is 25.7. The topological polar surface area (TPSA) is 111 Å². The SMILES string of the molecule is O=C(O)c1ccc(-c2noc(C34CCC(COCc5c(-c6c(Cl)cccc6Cl)noc5C5CC5)(CC3)C4)n2)cc1. The number of hydrogen-bond acceptors (Lipinski definition) is 7. The van der Waals surface area contributed by atoms with Gasteiger partial charge in [-0.1, -0.05) is 51.7 Å². The summed E-state index contributed by atoms with van der Waals surface area (Å²) in [5, 5.41) is 18.8. The fraction of sp³-hybridized carbons (Fsp3) is 0.400. The van der Waals surface area contributed by atoms with Crippen molar-refractivity contribution in [3.63, 3.8) is 0 Å². The molecule has 0 amide bonds. The molecule has 206 valence electrons. The summed E-state index contributed by atoms with van der Waals surface area (Å²) < 4.78 is 18.0. The van der Waals surface area contributed by atoms with E-state index in [1.54, 1.807) is 24.3 Å². The van der Waals surface area contributed by atoms with E-state index in [-0.39, 0.29) is 16.4 Å². The molecule has 3 saturated carbocycles. The highest BCUT2D eigenvalue weighted by Gasteiger charge is 2.57. The Morgan fingerprint density at radius 3 is 2.40 bits per heavy atom. The van der Waals surface area contributed by atoms with Gasteiger partial charge >= 0.3 is 5.97 Å². The molecule has 0 spiro atoms. The minimum Gasteiger partial charge on any atom is -0.478 e. The lowest BCUT2D eigenvalue weighted by molar-refractivity contribution is 0.0376. The summed E-state index contributed by atoms with van der Waals surface area (Å²) in [4.78, 5) is 15.9. The average molecular weight is 580 g/mol. The van der Waals surface area contributed by atoms with Crippen LogP contribution in [0.5, 0.6) is 0 Å². The number of rotatable bonds is 9. The molecule has 0 radical (unpaired) electrons. The minimum absolute atomic E-state index is 0.0525. The molecular weight excluding hydrogens is 553 g/mol. The Balaban J connectivity index is 1.06. The molecule has 2 aromatic carbocycles. The molecule has 4 aromatic rings. The lowest BCUT2D eigenvalue weighted by Crippen LogP contribution is -2.21. The number of hydrogen-bond donors (Lipinski definition) is 1. The molecule has 1 N–H and O–H groups in total. The summed E-state index contributed by atoms with van der Waals surface area (Å²) in [6, 6.07) is 12.0. The van der Waals surface area contributed by atoms with E-state index in [4.69, 9.17) is 47.1 Å². The van der Waals surface area contributed by atoms with Crippen LogP contribution in [0.3, 0.4) is 0 Å². The zero-order valence-electron chi connectivity index (χ0n) is 21.7. The molecule has 2 heterocycles. The van der Waals surface area contributed by atoms with Gasteiger partial charge in [0.05, 0.1) is 34.2 Å². The summed E-state index contributed by atoms with van der Waals surface area (Å²) in [6.07, 6.45) is 7.09. The summed E-state index contributed by atoms with van der Waals surface area (Å²) >= 11 is 13.0. The normalized spacial score (nSPS) is 23.6. The van der Waals surface area contributed by atoms with Crippen molar-refractivity contribution in [1.29, 1.82) is 0 Å². The van der Waals surface area contributed by atoms with Crippen molar-refractivity contribution in [3.05, 3.63) is 75.3 Å². The van der Waals surface area contributed by atoms with Gasteiger partial charge in [-0.15, -0.1) is 0 Å². The zero-order chi connectivity index (χ0) is 27.5. The van der Waals surface area contributed by atoms with E-state index in [9.17, 15) is 4.79 Å². The van der Waals surface area contributed by atoms with Crippen LogP contribution < -0.4 is 0 Å². The lowest BCUT2D eigenvalue weighted by atomic mass is 9.82. The van der Waals surface area contributed by atoms with Gasteiger partial charge in [0.25, 0.3) is 0 Å². The van der Waals surface area contributed by atoms with Gasteiger partial charge in [-0.2, -0.15) is 4.98 Å². The monoisotopic (exact) mass is 579 g/mol. The Morgan fingerprint density at radius 2 is 1.73 bits per heavy atom. The standard InChI is InChI=1S/C30H27Cl2N3O5/c31-21-2-1-3-22(32)23(21)24-20(25(39-34-24)17-4-5-17)14-38-16-29-10-12-30(15-29,13-11-29)28-33-26(35-40-28)18-6-8-19(9-7-18)27(36)37/h1-3,6-9,17H,4-5,10-16H2,(H,36,37). The van der Waals surface area contributed by atoms with Crippen LogP contribution >= 0.6 is 23.2 Å². The van der Waals surface area contributed by atoms with E-state index >= 15 is 0 Å². The van der Waals surface area contributed by atoms with E-state index in [0.717, 1.165) is 61.8 Å². The van der Waals surface area contributed by atoms with E-state index in [1.807, 2.05) is 18.2 Å². The maximum absolute atomic E-state index is 11.2. The quantitative estimate of drug-likeness (QED) is 0.214. The number of aromatic carboxylic acids is 1. The molecule has 2 bridgehead atoms. The van der Waals surface area contributed by atoms with Crippen molar-refractivity contribution in [2.45, 2.75) is 62.9 Å². The summed E-state index contributed by atoms with van der Waals surface area (Å²) in [6.45, 7) is 1.01. The maximum atomic E-state index is 11.2. The molecule has 40 heavy (non-hydrogen) atoms. The number of nitrogens with zero attached hydrogens (tertiary/aromatic N) is 3. The van der Waals surface area contributed by atoms with Crippen LogP contribution in [0.4, 0.5) is 0 Å². The smallest absolute Gasteiger partial charge is 0.335 e. The molecule has 10 heteroatoms. The van der Waals surface area contributed by atoms with E-state index in [2.05, 4.69) is 10.3 Å². The second kappa shape index (κ2) is 9.72. The van der Waals surface area contributed by atoms with Crippen LogP contribution in [0, 0.1) is 5.41 Å². The predicted octanol–water partition coefficient (Wildman–Crippen LogP) is 7.69. The first-order chi connectivity index (χ1) is 19.4. The molecule has 3 aliphatic carbocycles. The molecular formula is C30H27Cl2N3O5. The van der Waals surface area contributed by atoms with Gasteiger partial charge in [0.15, 0.2) is 0 Å². The highest BCUT2D eigenvalue weighted by molar-refractivity contribution is 6.39. The van der Waals surface area contributed by atoms with Crippen LogP contribution in [0.25, 0.3) is 22.6 Å². The second-order valence-corrected chi connectivity index (χ2v) is 12.3. The predicted molar refractivity (Wildman–Crippen MR) is 147 cm³/mol. The van der Waals surface area contributed by atoms with Crippen molar-refractivity contribution >= 4 is 29.2 Å². The minimum atomic E-state index is -0.966. The van der Waals surface area contributed by atoms with Gasteiger partial charge in [0.2, 0.25) is 11.7 Å². The van der Waals surface area contributed by atoms with Crippen LogP contribution in [-0.2, 0) is 16.8 Å². The summed E-state index contributed by atoms with van der Waals surface area (Å²) in [7, 11) is 0. The van der Waals surface area contributed by atoms with E-state index < -0.39 is 5.97 Å². The van der Waals surface area contributed by atoms with Crippen molar-refractivity contribution < 1.29 is 23.7 Å². The highest BCUT2D eigenvalue weighted by Crippen LogP contribution is 2.62. The molecule has 7 rings (SSSR count). The fourth-order valence-electron chi connectivity index (χ4n) is 6.55. The van der Waals surface area contributed by atoms with Crippen molar-refractivity contribution in [1.82, 2.24) is 15.3 Å². The molecule has 3 fully saturated rings. The molecule has 0 saturated heterocycles. The third-order valence-electron chi connectivity index (χ3n) is 8.87. The van der Waals surface area contributed by atoms with Crippen LogP contribution in [-0.4, -0.2) is 33.0 Å². The molecule has 2 aromatic heterocycles. The number of aromatic nitrogens is 3. The summed E-state index contributed by atoms with van der Waals surface area (Å²) in [5.41, 5.74) is 3.14. The van der Waals surface area contributed by atoms with Gasteiger partial charge < -0.3 is 18.9 Å². The number of fused-ring (bicyclic) bond motifs is 2. The van der Waals surface area contributed by atoms with Gasteiger partial charge in [-0.25, -0.2) is 4.79 Å². The van der Waals surface area contributed by atoms with Crippen molar-refractivity contribution in [3.8, 4) is 22.6 Å². The first-order valence-corrected chi connectivity index (χ1v) is 14.3. The molecule has 3 aliphatic rings. The fourth-order valence-corrected chi connectivity index (χ4v) is 7.13. The van der Waals surface area contributed by atoms with E-state index in [1.165, 1.54) is 0 Å². The Hall–Kier alpha value is -3.20. The van der Waals surface area contributed by atoms with Crippen LogP contribution in [0.15, 0.2) is 51.5 Å². The Bertz CT molecular complexity index is 1560. The molecule has 0 atom stereocenters. The van der Waals surface area contributed by atoms with Gasteiger partial charge in [-0.05, 0) is 74.6 Å². The molecule has 8 nitrogen and oxygen atoms in total. The number of ether oxygens (including phenoxy) is 1. The number of carboxylic acids is 1. The van der Waals surface area contributed by atoms with Crippen molar-refractivity contribution in [2.24, 2.45) is 5.41 Å². The van der Waals surface area contributed by atoms with Crippen molar-refractivity contribution in [2.75, 3.05) is 6.61 Å². The third-order valence-corrected chi connectivity index (χ3v) is 9.50.